The topological polar surface area (TPSA) is 146 Å². The molecule has 0 saturated heterocycles. The van der Waals surface area contributed by atoms with E-state index in [2.05, 4.69) is 33.7 Å². The van der Waals surface area contributed by atoms with Crippen LogP contribution in [0.3, 0.4) is 0 Å². The summed E-state index contributed by atoms with van der Waals surface area (Å²) >= 11 is 4.32. The molecule has 6 N–H and O–H groups in total. The van der Waals surface area contributed by atoms with Crippen molar-refractivity contribution in [3.63, 3.8) is 0 Å². The number of aliphatic carboxylic acids is 1. The molecule has 0 bridgehead atoms. The molecule has 29 heavy (non-hydrogen) atoms. The molecule has 2 aromatic carbocycles. The lowest BCUT2D eigenvalue weighted by Gasteiger charge is -2.10. The molecule has 0 aliphatic rings. The Kier molecular flexibility index (Phi) is 8.19. The van der Waals surface area contributed by atoms with Gasteiger partial charge in [-0.3, -0.25) is 14.4 Å². The minimum Gasteiger partial charge on any atom is -0.481 e. The SMILES string of the molecule is NNC=Nc1cccc(C(=O)NCC(=O)Nc2ccc(CCC(=O)O)c(S)c2)c1. The number of anilines is 1. The van der Waals surface area contributed by atoms with Crippen molar-refractivity contribution in [2.24, 2.45) is 10.8 Å². The van der Waals surface area contributed by atoms with E-state index < -0.39 is 17.8 Å². The zero-order chi connectivity index (χ0) is 21.2. The van der Waals surface area contributed by atoms with Gasteiger partial charge in [-0.15, -0.1) is 12.6 Å². The highest BCUT2D eigenvalue weighted by molar-refractivity contribution is 7.80. The quantitative estimate of drug-likeness (QED) is 0.120. The van der Waals surface area contributed by atoms with E-state index in [1.54, 1.807) is 42.5 Å². The number of hydrogen-bond acceptors (Lipinski definition) is 6. The number of amides is 2. The zero-order valence-electron chi connectivity index (χ0n) is 15.4. The largest absolute Gasteiger partial charge is 0.481 e. The second kappa shape index (κ2) is 10.8. The number of benzene rings is 2. The summed E-state index contributed by atoms with van der Waals surface area (Å²) in [5, 5.41) is 13.9. The Hall–Kier alpha value is -3.37. The first-order valence-corrected chi connectivity index (χ1v) is 9.04. The van der Waals surface area contributed by atoms with Crippen molar-refractivity contribution in [1.82, 2.24) is 10.7 Å². The van der Waals surface area contributed by atoms with Gasteiger partial charge >= 0.3 is 5.97 Å². The van der Waals surface area contributed by atoms with Gasteiger partial charge in [0.1, 0.15) is 6.34 Å². The average molecular weight is 415 g/mol. The van der Waals surface area contributed by atoms with Crippen LogP contribution in [0.2, 0.25) is 0 Å². The second-order valence-electron chi connectivity index (χ2n) is 5.94. The minimum atomic E-state index is -0.890. The Morgan fingerprint density at radius 3 is 2.66 bits per heavy atom. The molecule has 0 radical (unpaired) electrons. The predicted octanol–water partition coefficient (Wildman–Crippen LogP) is 1.48. The van der Waals surface area contributed by atoms with Crippen LogP contribution < -0.4 is 21.9 Å². The fraction of sp³-hybridized carbons (Fsp3) is 0.158. The number of carbonyl (C=O) groups is 3. The minimum absolute atomic E-state index is 0.000539. The first-order valence-electron chi connectivity index (χ1n) is 8.59. The molecule has 10 heteroatoms. The third-order valence-corrected chi connectivity index (χ3v) is 4.20. The van der Waals surface area contributed by atoms with Gasteiger partial charge in [0.15, 0.2) is 0 Å². The van der Waals surface area contributed by atoms with Crippen LogP contribution in [-0.2, 0) is 16.0 Å². The summed E-state index contributed by atoms with van der Waals surface area (Å²) in [5.41, 5.74) is 4.43. The standard InChI is InChI=1S/C19H21N5O4S/c20-23-11-22-14-3-1-2-13(8-14)19(28)21-10-17(25)24-15-6-4-12(16(29)9-15)5-7-18(26)27/h1-4,6,8-9,11,29H,5,7,10,20H2,(H,21,28)(H,22,23)(H,24,25)(H,26,27). The number of nitrogens with zero attached hydrogens (tertiary/aromatic N) is 1. The van der Waals surface area contributed by atoms with Crippen LogP contribution >= 0.6 is 12.6 Å². The number of aliphatic imine (C=N–C) groups is 1. The van der Waals surface area contributed by atoms with Crippen molar-refractivity contribution in [3.8, 4) is 0 Å². The van der Waals surface area contributed by atoms with Gasteiger partial charge in [0.25, 0.3) is 5.91 Å². The van der Waals surface area contributed by atoms with Gasteiger partial charge in [-0.25, -0.2) is 10.8 Å². The van der Waals surface area contributed by atoms with Gasteiger partial charge in [-0.05, 0) is 42.3 Å². The molecule has 2 aromatic rings. The Labute approximate surface area is 172 Å². The highest BCUT2D eigenvalue weighted by Gasteiger charge is 2.10. The first-order chi connectivity index (χ1) is 13.9. The predicted molar refractivity (Wildman–Crippen MR) is 113 cm³/mol. The maximum atomic E-state index is 12.2. The second-order valence-corrected chi connectivity index (χ2v) is 6.43. The lowest BCUT2D eigenvalue weighted by Crippen LogP contribution is -2.32. The van der Waals surface area contributed by atoms with Crippen molar-refractivity contribution >= 4 is 48.1 Å². The molecule has 0 aromatic heterocycles. The van der Waals surface area contributed by atoms with Gasteiger partial charge in [0.05, 0.1) is 12.2 Å². The molecule has 2 amide bonds. The van der Waals surface area contributed by atoms with Crippen LogP contribution in [-0.4, -0.2) is 35.8 Å². The Bertz CT molecular complexity index is 933. The molecule has 0 aliphatic heterocycles. The number of rotatable bonds is 9. The lowest BCUT2D eigenvalue weighted by atomic mass is 10.1. The van der Waals surface area contributed by atoms with Gasteiger partial charge in [-0.1, -0.05) is 12.1 Å². The molecule has 152 valence electrons. The van der Waals surface area contributed by atoms with Crippen LogP contribution in [0.4, 0.5) is 11.4 Å². The number of carbonyl (C=O) groups excluding carboxylic acids is 2. The smallest absolute Gasteiger partial charge is 0.303 e. The Morgan fingerprint density at radius 2 is 1.97 bits per heavy atom. The molecule has 0 heterocycles. The number of carboxylic acid groups (broad SMARTS) is 1. The molecule has 0 atom stereocenters. The highest BCUT2D eigenvalue weighted by Crippen LogP contribution is 2.20. The Balaban J connectivity index is 1.89. The van der Waals surface area contributed by atoms with Gasteiger partial charge in [0, 0.05) is 22.6 Å². The van der Waals surface area contributed by atoms with E-state index in [0.717, 1.165) is 5.56 Å². The summed E-state index contributed by atoms with van der Waals surface area (Å²) in [4.78, 5) is 39.5. The van der Waals surface area contributed by atoms with Gasteiger partial charge in [-0.2, -0.15) is 0 Å². The number of carboxylic acids is 1. The normalized spacial score (nSPS) is 10.6. The fourth-order valence-corrected chi connectivity index (χ4v) is 2.73. The molecule has 0 fully saturated rings. The number of aryl methyl sites for hydroxylation is 1. The monoisotopic (exact) mass is 415 g/mol. The number of hydrazine groups is 1. The Morgan fingerprint density at radius 1 is 1.17 bits per heavy atom. The third kappa shape index (κ3) is 7.28. The van der Waals surface area contributed by atoms with Crippen molar-refractivity contribution < 1.29 is 19.5 Å². The van der Waals surface area contributed by atoms with Crippen molar-refractivity contribution in [2.75, 3.05) is 11.9 Å². The summed E-state index contributed by atoms with van der Waals surface area (Å²) in [5.74, 6) is 3.39. The van der Waals surface area contributed by atoms with Crippen LogP contribution in [0, 0.1) is 0 Å². The van der Waals surface area contributed by atoms with E-state index in [1.165, 1.54) is 6.34 Å². The summed E-state index contributed by atoms with van der Waals surface area (Å²) in [6.45, 7) is -0.223. The summed E-state index contributed by atoms with van der Waals surface area (Å²) in [6.07, 6.45) is 1.64. The van der Waals surface area contributed by atoms with Gasteiger partial charge in [0.2, 0.25) is 5.91 Å². The molecule has 0 saturated carbocycles. The number of thiol groups is 1. The van der Waals surface area contributed by atoms with Crippen LogP contribution in [0.25, 0.3) is 0 Å². The van der Waals surface area contributed by atoms with Crippen LogP contribution in [0.5, 0.6) is 0 Å². The maximum absolute atomic E-state index is 12.2. The van der Waals surface area contributed by atoms with Crippen molar-refractivity contribution in [2.45, 2.75) is 17.7 Å². The average Bonchev–Trinajstić information content (AvgIpc) is 2.70. The molecule has 0 unspecified atom stereocenters. The summed E-state index contributed by atoms with van der Waals surface area (Å²) in [7, 11) is 0. The van der Waals surface area contributed by atoms with E-state index in [1.807, 2.05) is 0 Å². The highest BCUT2D eigenvalue weighted by atomic mass is 32.1. The molecule has 0 spiro atoms. The van der Waals surface area contributed by atoms with E-state index in [9.17, 15) is 14.4 Å². The molecular formula is C19H21N5O4S. The summed E-state index contributed by atoms with van der Waals surface area (Å²) in [6, 6.07) is 11.5. The van der Waals surface area contributed by atoms with E-state index in [4.69, 9.17) is 10.9 Å². The number of nitrogens with two attached hydrogens (primary N) is 1. The molecular weight excluding hydrogens is 394 g/mol. The lowest BCUT2D eigenvalue weighted by molar-refractivity contribution is -0.137. The van der Waals surface area contributed by atoms with Crippen molar-refractivity contribution in [3.05, 3.63) is 53.6 Å². The van der Waals surface area contributed by atoms with Crippen molar-refractivity contribution in [1.29, 1.82) is 0 Å². The van der Waals surface area contributed by atoms with Crippen LogP contribution in [0.1, 0.15) is 22.3 Å². The van der Waals surface area contributed by atoms with E-state index >= 15 is 0 Å². The number of nitrogens with one attached hydrogen (secondary N) is 3. The molecule has 0 aliphatic carbocycles. The number of hydrogen-bond donors (Lipinski definition) is 6. The van der Waals surface area contributed by atoms with Crippen LogP contribution in [0.15, 0.2) is 52.4 Å². The molecule has 9 nitrogen and oxygen atoms in total. The molecule has 2 rings (SSSR count). The zero-order valence-corrected chi connectivity index (χ0v) is 16.3. The third-order valence-electron chi connectivity index (χ3n) is 3.78. The van der Waals surface area contributed by atoms with E-state index in [-0.39, 0.29) is 13.0 Å². The van der Waals surface area contributed by atoms with E-state index in [0.29, 0.717) is 28.3 Å². The maximum Gasteiger partial charge on any atom is 0.303 e. The fourth-order valence-electron chi connectivity index (χ4n) is 2.40. The first kappa shape index (κ1) is 21.9. The van der Waals surface area contributed by atoms with Gasteiger partial charge < -0.3 is 21.2 Å². The summed E-state index contributed by atoms with van der Waals surface area (Å²) < 4.78 is 0.